The topological polar surface area (TPSA) is 77.8 Å². The third-order valence-corrected chi connectivity index (χ3v) is 4.49. The monoisotopic (exact) mass is 278 g/mol. The van der Waals surface area contributed by atoms with Crippen LogP contribution in [0.1, 0.15) is 55.9 Å². The highest BCUT2D eigenvalue weighted by Crippen LogP contribution is 2.34. The Hall–Kier alpha value is -1.43. The van der Waals surface area contributed by atoms with Crippen LogP contribution in [0.25, 0.3) is 0 Å². The first kappa shape index (κ1) is 12.6. The first-order valence-corrected chi connectivity index (χ1v) is 7.61. The molecule has 1 aliphatic carbocycles. The van der Waals surface area contributed by atoms with Gasteiger partial charge >= 0.3 is 0 Å². The number of nitrogens with zero attached hydrogens (tertiary/aromatic N) is 3. The molecule has 5 nitrogen and oxygen atoms in total. The molecule has 2 N–H and O–H groups in total. The van der Waals surface area contributed by atoms with Gasteiger partial charge in [-0.05, 0) is 18.8 Å². The second-order valence-electron chi connectivity index (χ2n) is 5.36. The first-order valence-electron chi connectivity index (χ1n) is 6.73. The fourth-order valence-corrected chi connectivity index (χ4v) is 3.15. The molecule has 0 aliphatic heterocycles. The van der Waals surface area contributed by atoms with Crippen molar-refractivity contribution >= 4 is 16.5 Å². The van der Waals surface area contributed by atoms with Gasteiger partial charge in [0.15, 0.2) is 11.0 Å². The molecule has 1 saturated carbocycles. The zero-order valence-corrected chi connectivity index (χ0v) is 11.8. The van der Waals surface area contributed by atoms with E-state index in [1.807, 2.05) is 5.38 Å². The van der Waals surface area contributed by atoms with E-state index in [-0.39, 0.29) is 0 Å². The Morgan fingerprint density at radius 3 is 2.79 bits per heavy atom. The Labute approximate surface area is 116 Å². The maximum absolute atomic E-state index is 5.61. The van der Waals surface area contributed by atoms with E-state index in [1.165, 1.54) is 37.0 Å². The Bertz CT molecular complexity index is 542. The summed E-state index contributed by atoms with van der Waals surface area (Å²) in [5, 5.41) is 6.64. The molecular formula is C13H18N4OS. The number of hydrogen-bond donors (Lipinski definition) is 1. The molecule has 1 fully saturated rings. The average Bonchev–Trinajstić information content (AvgIpc) is 3.00. The second kappa shape index (κ2) is 5.28. The number of anilines is 1. The maximum Gasteiger partial charge on any atom is 0.232 e. The van der Waals surface area contributed by atoms with Crippen molar-refractivity contribution in [2.24, 2.45) is 5.92 Å². The van der Waals surface area contributed by atoms with Crippen LogP contribution in [-0.2, 0) is 6.42 Å². The summed E-state index contributed by atoms with van der Waals surface area (Å²) < 4.78 is 5.32. The van der Waals surface area contributed by atoms with Crippen LogP contribution >= 0.6 is 11.3 Å². The van der Waals surface area contributed by atoms with Crippen LogP contribution < -0.4 is 5.73 Å². The smallest absolute Gasteiger partial charge is 0.232 e. The molecule has 0 radical (unpaired) electrons. The molecular weight excluding hydrogens is 260 g/mol. The quantitative estimate of drug-likeness (QED) is 0.933. The van der Waals surface area contributed by atoms with Crippen LogP contribution in [0.15, 0.2) is 9.90 Å². The highest BCUT2D eigenvalue weighted by atomic mass is 32.1. The Kier molecular flexibility index (Phi) is 3.50. The van der Waals surface area contributed by atoms with Gasteiger partial charge in [-0.1, -0.05) is 24.9 Å². The zero-order valence-electron chi connectivity index (χ0n) is 11.0. The van der Waals surface area contributed by atoms with Crippen molar-refractivity contribution in [1.82, 2.24) is 15.1 Å². The molecule has 2 aromatic rings. The van der Waals surface area contributed by atoms with Crippen LogP contribution in [0.5, 0.6) is 0 Å². The minimum Gasteiger partial charge on any atom is -0.375 e. The predicted octanol–water partition coefficient (Wildman–Crippen LogP) is 2.99. The number of nitrogens with two attached hydrogens (primary N) is 1. The molecule has 1 aliphatic rings. The largest absolute Gasteiger partial charge is 0.375 e. The van der Waals surface area contributed by atoms with E-state index in [9.17, 15) is 0 Å². The Morgan fingerprint density at radius 1 is 1.32 bits per heavy atom. The fraction of sp³-hybridized carbons (Fsp3) is 0.615. The lowest BCUT2D eigenvalue weighted by atomic mass is 9.83. The van der Waals surface area contributed by atoms with E-state index in [2.05, 4.69) is 22.0 Å². The van der Waals surface area contributed by atoms with Crippen LogP contribution in [0.3, 0.4) is 0 Å². The second-order valence-corrected chi connectivity index (χ2v) is 6.25. The highest BCUT2D eigenvalue weighted by molar-refractivity contribution is 7.13. The summed E-state index contributed by atoms with van der Waals surface area (Å²) in [4.78, 5) is 8.72. The third-order valence-electron chi connectivity index (χ3n) is 3.77. The summed E-state index contributed by atoms with van der Waals surface area (Å²) >= 11 is 1.44. The number of nitrogen functional groups attached to an aromatic ring is 1. The minimum atomic E-state index is 0.467. The zero-order chi connectivity index (χ0) is 13.2. The highest BCUT2D eigenvalue weighted by Gasteiger charge is 2.24. The van der Waals surface area contributed by atoms with E-state index in [4.69, 9.17) is 10.3 Å². The third kappa shape index (κ3) is 2.94. The molecule has 6 heteroatoms. The van der Waals surface area contributed by atoms with Gasteiger partial charge in [0.05, 0.1) is 12.1 Å². The number of aromatic nitrogens is 3. The summed E-state index contributed by atoms with van der Waals surface area (Å²) in [6.07, 6.45) is 5.44. The molecule has 0 saturated heterocycles. The lowest BCUT2D eigenvalue weighted by molar-refractivity contribution is 0.324. The fourth-order valence-electron chi connectivity index (χ4n) is 2.58. The van der Waals surface area contributed by atoms with Gasteiger partial charge in [0.1, 0.15) is 0 Å². The van der Waals surface area contributed by atoms with Gasteiger partial charge in [-0.25, -0.2) is 4.98 Å². The van der Waals surface area contributed by atoms with Crippen LogP contribution in [0.4, 0.5) is 5.13 Å². The SMILES string of the molecule is CC1CCC(c2noc(Cc3csc(N)n3)n2)CC1. The average molecular weight is 278 g/mol. The summed E-state index contributed by atoms with van der Waals surface area (Å²) in [7, 11) is 0. The van der Waals surface area contributed by atoms with Crippen molar-refractivity contribution in [3.63, 3.8) is 0 Å². The van der Waals surface area contributed by atoms with Gasteiger partial charge in [0, 0.05) is 11.3 Å². The molecule has 0 atom stereocenters. The molecule has 2 heterocycles. The Morgan fingerprint density at radius 2 is 2.11 bits per heavy atom. The van der Waals surface area contributed by atoms with Gasteiger partial charge in [-0.15, -0.1) is 11.3 Å². The molecule has 102 valence electrons. The molecule has 0 unspecified atom stereocenters. The van der Waals surface area contributed by atoms with Gasteiger partial charge in [-0.3, -0.25) is 0 Å². The van der Waals surface area contributed by atoms with Crippen molar-refractivity contribution in [3.8, 4) is 0 Å². The van der Waals surface area contributed by atoms with Crippen molar-refractivity contribution in [2.75, 3.05) is 5.73 Å². The summed E-state index contributed by atoms with van der Waals surface area (Å²) in [5.74, 6) is 2.80. The van der Waals surface area contributed by atoms with Crippen molar-refractivity contribution in [1.29, 1.82) is 0 Å². The first-order chi connectivity index (χ1) is 9.20. The van der Waals surface area contributed by atoms with Crippen molar-refractivity contribution in [3.05, 3.63) is 22.8 Å². The number of thiazole rings is 1. The van der Waals surface area contributed by atoms with Crippen LogP contribution in [-0.4, -0.2) is 15.1 Å². The van der Waals surface area contributed by atoms with Crippen molar-refractivity contribution in [2.45, 2.75) is 44.9 Å². The molecule has 0 spiro atoms. The summed E-state index contributed by atoms with van der Waals surface area (Å²) in [5.41, 5.74) is 6.51. The van der Waals surface area contributed by atoms with Gasteiger partial charge in [-0.2, -0.15) is 4.98 Å². The Balaban J connectivity index is 1.66. The van der Waals surface area contributed by atoms with Crippen molar-refractivity contribution < 1.29 is 4.52 Å². The minimum absolute atomic E-state index is 0.467. The van der Waals surface area contributed by atoms with Crippen LogP contribution in [0, 0.1) is 5.92 Å². The van der Waals surface area contributed by atoms with E-state index in [0.29, 0.717) is 23.4 Å². The van der Waals surface area contributed by atoms with Gasteiger partial charge in [0.25, 0.3) is 0 Å². The van der Waals surface area contributed by atoms with E-state index in [0.717, 1.165) is 17.4 Å². The molecule has 0 bridgehead atoms. The standard InChI is InChI=1S/C13H18N4OS/c1-8-2-4-9(5-3-8)12-16-11(18-17-12)6-10-7-19-13(14)15-10/h7-9H,2-6H2,1H3,(H2,14,15). The van der Waals surface area contributed by atoms with E-state index in [1.54, 1.807) is 0 Å². The van der Waals surface area contributed by atoms with Gasteiger partial charge in [0.2, 0.25) is 5.89 Å². The number of rotatable bonds is 3. The molecule has 0 amide bonds. The van der Waals surface area contributed by atoms with E-state index < -0.39 is 0 Å². The molecule has 19 heavy (non-hydrogen) atoms. The summed E-state index contributed by atoms with van der Waals surface area (Å²) in [6.45, 7) is 2.31. The summed E-state index contributed by atoms with van der Waals surface area (Å²) in [6, 6.07) is 0. The van der Waals surface area contributed by atoms with Crippen LogP contribution in [0.2, 0.25) is 0 Å². The lowest BCUT2D eigenvalue weighted by Gasteiger charge is -2.23. The lowest BCUT2D eigenvalue weighted by Crippen LogP contribution is -2.12. The number of hydrogen-bond acceptors (Lipinski definition) is 6. The predicted molar refractivity (Wildman–Crippen MR) is 74.0 cm³/mol. The molecule has 3 rings (SSSR count). The van der Waals surface area contributed by atoms with Gasteiger partial charge < -0.3 is 10.3 Å². The molecule has 2 aromatic heterocycles. The normalized spacial score (nSPS) is 23.6. The van der Waals surface area contributed by atoms with E-state index >= 15 is 0 Å². The molecule has 0 aromatic carbocycles. The maximum atomic E-state index is 5.61.